The zero-order chi connectivity index (χ0) is 27.0. The molecule has 0 spiro atoms. The van der Waals surface area contributed by atoms with Crippen LogP contribution in [0, 0.1) is 33.5 Å². The third-order valence-electron chi connectivity index (χ3n) is 8.07. The Morgan fingerprint density at radius 1 is 0.921 bits per heavy atom. The van der Waals surface area contributed by atoms with Crippen LogP contribution in [-0.4, -0.2) is 53.5 Å². The molecule has 1 N–H and O–H groups in total. The van der Waals surface area contributed by atoms with Crippen LogP contribution in [0.2, 0.25) is 0 Å². The summed E-state index contributed by atoms with van der Waals surface area (Å²) in [5, 5.41) is 4.75. The topological polar surface area (TPSA) is 40.5 Å². The van der Waals surface area contributed by atoms with Crippen LogP contribution in [0.3, 0.4) is 0 Å². The maximum Gasteiger partial charge on any atom is 0.254 e. The Bertz CT molecular complexity index is 1460. The lowest BCUT2D eigenvalue weighted by molar-refractivity contribution is 0.0664. The fourth-order valence-corrected chi connectivity index (χ4v) is 5.59. The molecule has 0 unspecified atom stereocenters. The van der Waals surface area contributed by atoms with E-state index in [1.165, 1.54) is 16.8 Å². The lowest BCUT2D eigenvalue weighted by Gasteiger charge is -2.32. The summed E-state index contributed by atoms with van der Waals surface area (Å²) in [6.45, 7) is 12.7. The van der Waals surface area contributed by atoms with E-state index in [0.717, 1.165) is 66.0 Å². The Hall–Kier alpha value is -3.64. The molecule has 0 saturated carbocycles. The fraction of sp³-hybridized carbons (Fsp3) is 0.344. The molecule has 1 aliphatic rings. The predicted octanol–water partition coefficient (Wildman–Crippen LogP) is 6.06. The molecule has 38 heavy (non-hydrogen) atoms. The number of piperazine rings is 1. The minimum absolute atomic E-state index is 0.0741. The normalized spacial score (nSPS) is 14.3. The van der Waals surface area contributed by atoms with Crippen molar-refractivity contribution >= 4 is 22.5 Å². The van der Waals surface area contributed by atoms with Gasteiger partial charge in [-0.3, -0.25) is 4.79 Å². The van der Waals surface area contributed by atoms with Gasteiger partial charge in [0.25, 0.3) is 5.91 Å². The number of carbonyl (C=O) groups is 1. The van der Waals surface area contributed by atoms with E-state index in [9.17, 15) is 9.18 Å². The molecule has 0 radical (unpaired) electrons. The smallest absolute Gasteiger partial charge is 0.254 e. The highest BCUT2D eigenvalue weighted by molar-refractivity contribution is 6.04. The number of anilines is 1. The first kappa shape index (κ1) is 26.0. The average molecular weight is 513 g/mol. The third-order valence-corrected chi connectivity index (χ3v) is 8.07. The molecule has 1 fully saturated rings. The van der Waals surface area contributed by atoms with E-state index in [1.807, 2.05) is 30.9 Å². The second-order valence-corrected chi connectivity index (χ2v) is 10.7. The Labute approximate surface area is 224 Å². The maximum absolute atomic E-state index is 14.0. The van der Waals surface area contributed by atoms with E-state index in [1.54, 1.807) is 12.1 Å². The molecule has 5 nitrogen and oxygen atoms in total. The summed E-state index contributed by atoms with van der Waals surface area (Å²) in [6, 6.07) is 17.7. The monoisotopic (exact) mass is 512 g/mol. The first-order chi connectivity index (χ1) is 18.2. The van der Waals surface area contributed by atoms with Gasteiger partial charge in [-0.1, -0.05) is 30.3 Å². The Kier molecular flexibility index (Phi) is 7.26. The Morgan fingerprint density at radius 3 is 2.24 bits per heavy atom. The van der Waals surface area contributed by atoms with Gasteiger partial charge in [-0.05, 0) is 86.8 Å². The molecule has 4 aromatic rings. The quantitative estimate of drug-likeness (QED) is 0.341. The van der Waals surface area contributed by atoms with E-state index in [-0.39, 0.29) is 11.7 Å². The summed E-state index contributed by atoms with van der Waals surface area (Å²) >= 11 is 0. The van der Waals surface area contributed by atoms with Crippen molar-refractivity contribution in [1.29, 1.82) is 0 Å². The number of amides is 1. The maximum atomic E-state index is 14.0. The largest absolute Gasteiger partial charge is 0.379 e. The minimum Gasteiger partial charge on any atom is -0.379 e. The van der Waals surface area contributed by atoms with Crippen molar-refractivity contribution in [3.63, 3.8) is 0 Å². The second kappa shape index (κ2) is 10.6. The summed E-state index contributed by atoms with van der Waals surface area (Å²) in [6.07, 6.45) is 0. The SMILES string of the molecule is Cc1cc(F)cc(C)c1CNc1cc(C(=O)N2CCN(C)CC2)cc2c(C)c(C)n(Cc3ccccc3)c12. The van der Waals surface area contributed by atoms with Gasteiger partial charge in [0.05, 0.1) is 11.2 Å². The summed E-state index contributed by atoms with van der Waals surface area (Å²) in [5.74, 6) is -0.140. The van der Waals surface area contributed by atoms with Crippen LogP contribution in [-0.2, 0) is 13.1 Å². The van der Waals surface area contributed by atoms with Crippen molar-refractivity contribution in [3.8, 4) is 0 Å². The van der Waals surface area contributed by atoms with Crippen LogP contribution < -0.4 is 5.32 Å². The average Bonchev–Trinajstić information content (AvgIpc) is 3.13. The van der Waals surface area contributed by atoms with Gasteiger partial charge in [0.15, 0.2) is 0 Å². The second-order valence-electron chi connectivity index (χ2n) is 10.7. The van der Waals surface area contributed by atoms with Gasteiger partial charge in [0.1, 0.15) is 5.82 Å². The number of carbonyl (C=O) groups excluding carboxylic acids is 1. The molecule has 1 aliphatic heterocycles. The number of benzene rings is 3. The Morgan fingerprint density at radius 2 is 1.58 bits per heavy atom. The van der Waals surface area contributed by atoms with Gasteiger partial charge in [-0.2, -0.15) is 0 Å². The number of fused-ring (bicyclic) bond motifs is 1. The minimum atomic E-state index is -0.214. The van der Waals surface area contributed by atoms with Crippen LogP contribution in [0.4, 0.5) is 10.1 Å². The third kappa shape index (κ3) is 5.05. The fourth-order valence-electron chi connectivity index (χ4n) is 5.59. The van der Waals surface area contributed by atoms with E-state index >= 15 is 0 Å². The number of aryl methyl sites for hydroxylation is 3. The number of nitrogens with one attached hydrogen (secondary N) is 1. The number of rotatable bonds is 6. The molecule has 1 saturated heterocycles. The van der Waals surface area contributed by atoms with Gasteiger partial charge in [-0.15, -0.1) is 0 Å². The molecule has 1 aromatic heterocycles. The molecule has 6 heteroatoms. The van der Waals surface area contributed by atoms with Crippen molar-refractivity contribution in [1.82, 2.24) is 14.4 Å². The van der Waals surface area contributed by atoms with E-state index in [4.69, 9.17) is 0 Å². The molecule has 0 atom stereocenters. The van der Waals surface area contributed by atoms with Gasteiger partial charge >= 0.3 is 0 Å². The lowest BCUT2D eigenvalue weighted by Crippen LogP contribution is -2.47. The van der Waals surface area contributed by atoms with Crippen molar-refractivity contribution in [2.45, 2.75) is 40.8 Å². The number of hydrogen-bond donors (Lipinski definition) is 1. The summed E-state index contributed by atoms with van der Waals surface area (Å²) in [5.41, 5.74) is 9.23. The molecule has 0 bridgehead atoms. The molecule has 2 heterocycles. The van der Waals surface area contributed by atoms with E-state index < -0.39 is 0 Å². The standard InChI is InChI=1S/C32H37FN4O/c1-21-15-27(33)16-22(2)29(21)19-34-30-18-26(32(38)36-13-11-35(5)12-14-36)17-28-23(3)24(4)37(31(28)30)20-25-9-7-6-8-10-25/h6-10,15-18,34H,11-14,19-20H2,1-5H3. The molecule has 5 rings (SSSR count). The Balaban J connectivity index is 1.60. The number of hydrogen-bond acceptors (Lipinski definition) is 3. The van der Waals surface area contributed by atoms with Gasteiger partial charge < -0.3 is 19.7 Å². The number of halogens is 1. The first-order valence-electron chi connectivity index (χ1n) is 13.4. The van der Waals surface area contributed by atoms with Crippen molar-refractivity contribution in [3.05, 3.63) is 99.5 Å². The van der Waals surface area contributed by atoms with Gasteiger partial charge in [-0.25, -0.2) is 4.39 Å². The summed E-state index contributed by atoms with van der Waals surface area (Å²) in [4.78, 5) is 17.9. The van der Waals surface area contributed by atoms with Gasteiger partial charge in [0.2, 0.25) is 0 Å². The molecule has 198 valence electrons. The highest BCUT2D eigenvalue weighted by Gasteiger charge is 2.24. The van der Waals surface area contributed by atoms with Crippen LogP contribution in [0.15, 0.2) is 54.6 Å². The highest BCUT2D eigenvalue weighted by Crippen LogP contribution is 2.34. The molecular formula is C32H37FN4O. The highest BCUT2D eigenvalue weighted by atomic mass is 19.1. The summed E-state index contributed by atoms with van der Waals surface area (Å²) < 4.78 is 16.3. The lowest BCUT2D eigenvalue weighted by atomic mass is 10.0. The predicted molar refractivity (Wildman–Crippen MR) is 154 cm³/mol. The van der Waals surface area contributed by atoms with Crippen molar-refractivity contribution in [2.75, 3.05) is 38.5 Å². The first-order valence-corrected chi connectivity index (χ1v) is 13.4. The molecule has 3 aromatic carbocycles. The number of aromatic nitrogens is 1. The zero-order valence-electron chi connectivity index (χ0n) is 23.1. The van der Waals surface area contributed by atoms with Crippen molar-refractivity contribution < 1.29 is 9.18 Å². The van der Waals surface area contributed by atoms with Crippen molar-refractivity contribution in [2.24, 2.45) is 0 Å². The summed E-state index contributed by atoms with van der Waals surface area (Å²) in [7, 11) is 2.09. The van der Waals surface area contributed by atoms with Crippen LogP contribution in [0.25, 0.3) is 10.9 Å². The zero-order valence-corrected chi connectivity index (χ0v) is 23.1. The molecular weight excluding hydrogens is 475 g/mol. The molecule has 0 aliphatic carbocycles. The van der Waals surface area contributed by atoms with Crippen LogP contribution >= 0.6 is 0 Å². The number of likely N-dealkylation sites (N-methyl/N-ethyl adjacent to an activating group) is 1. The van der Waals surface area contributed by atoms with E-state index in [0.29, 0.717) is 12.1 Å². The van der Waals surface area contributed by atoms with Crippen LogP contribution in [0.5, 0.6) is 0 Å². The van der Waals surface area contributed by atoms with Gasteiger partial charge in [0, 0.05) is 55.9 Å². The number of nitrogens with zero attached hydrogens (tertiary/aromatic N) is 3. The van der Waals surface area contributed by atoms with Crippen LogP contribution in [0.1, 0.15) is 43.9 Å². The molecule has 1 amide bonds. The van der Waals surface area contributed by atoms with E-state index in [2.05, 4.69) is 66.0 Å².